The molecular formula is C33H23N3O. The van der Waals surface area contributed by atoms with E-state index < -0.39 is 0 Å². The van der Waals surface area contributed by atoms with Crippen molar-refractivity contribution >= 4 is 27.6 Å². The summed E-state index contributed by atoms with van der Waals surface area (Å²) < 4.78 is 6.25. The molecular weight excluding hydrogens is 454 g/mol. The fraction of sp³-hybridized carbons (Fsp3) is 0.0606. The molecule has 0 saturated carbocycles. The minimum absolute atomic E-state index is 0.0301. The van der Waals surface area contributed by atoms with Crippen molar-refractivity contribution in [2.75, 3.05) is 6.61 Å². The molecule has 176 valence electrons. The smallest absolute Gasteiger partial charge is 0.217 e. The van der Waals surface area contributed by atoms with Gasteiger partial charge in [-0.1, -0.05) is 109 Å². The Labute approximate surface area is 215 Å². The van der Waals surface area contributed by atoms with Crippen molar-refractivity contribution in [1.29, 1.82) is 0 Å². The van der Waals surface area contributed by atoms with E-state index >= 15 is 0 Å². The first-order valence-corrected chi connectivity index (χ1v) is 12.5. The van der Waals surface area contributed by atoms with E-state index in [0.717, 1.165) is 49.6 Å². The topological polar surface area (TPSA) is 47.4 Å². The van der Waals surface area contributed by atoms with Crippen molar-refractivity contribution in [3.8, 4) is 22.6 Å². The number of hydrogen-bond donors (Lipinski definition) is 0. The first-order valence-electron chi connectivity index (χ1n) is 12.5. The van der Waals surface area contributed by atoms with Crippen LogP contribution in [0.15, 0.2) is 126 Å². The van der Waals surface area contributed by atoms with Crippen LogP contribution in [-0.4, -0.2) is 22.5 Å². The van der Waals surface area contributed by atoms with Gasteiger partial charge in [-0.05, 0) is 28.5 Å². The summed E-state index contributed by atoms with van der Waals surface area (Å²) in [6.07, 6.45) is 0. The molecule has 1 atom stereocenters. The van der Waals surface area contributed by atoms with Gasteiger partial charge in [0.05, 0.1) is 11.2 Å². The van der Waals surface area contributed by atoms with Gasteiger partial charge in [-0.15, -0.1) is 0 Å². The van der Waals surface area contributed by atoms with Crippen LogP contribution >= 0.6 is 0 Å². The lowest BCUT2D eigenvalue weighted by Gasteiger charge is -2.15. The Morgan fingerprint density at radius 2 is 1.32 bits per heavy atom. The van der Waals surface area contributed by atoms with Crippen LogP contribution in [0.5, 0.6) is 0 Å². The zero-order chi connectivity index (χ0) is 24.6. The molecule has 4 nitrogen and oxygen atoms in total. The minimum Gasteiger partial charge on any atom is -0.475 e. The van der Waals surface area contributed by atoms with Gasteiger partial charge in [0.15, 0.2) is 5.82 Å². The van der Waals surface area contributed by atoms with Gasteiger partial charge in [0.1, 0.15) is 12.6 Å². The Morgan fingerprint density at radius 3 is 2.16 bits per heavy atom. The zero-order valence-corrected chi connectivity index (χ0v) is 20.1. The number of aliphatic imine (C=N–C) groups is 1. The lowest BCUT2D eigenvalue weighted by molar-refractivity contribution is 0.320. The number of para-hydroxylation sites is 1. The SMILES string of the molecule is c1ccc(-c2nc(-c3c(C4=N[C@@H](c5ccccc5)CO4)ccc4ccccc34)c3ccccc3n2)cc1. The van der Waals surface area contributed by atoms with E-state index in [2.05, 4.69) is 54.6 Å². The predicted octanol–water partition coefficient (Wildman–Crippen LogP) is 7.64. The maximum Gasteiger partial charge on any atom is 0.217 e. The fourth-order valence-corrected chi connectivity index (χ4v) is 5.06. The summed E-state index contributed by atoms with van der Waals surface area (Å²) in [5.41, 5.74) is 5.88. The van der Waals surface area contributed by atoms with Crippen LogP contribution in [0.2, 0.25) is 0 Å². The summed E-state index contributed by atoms with van der Waals surface area (Å²) in [6.45, 7) is 0.519. The Hall–Kier alpha value is -4.83. The number of aromatic nitrogens is 2. The minimum atomic E-state index is -0.0301. The van der Waals surface area contributed by atoms with Gasteiger partial charge in [-0.2, -0.15) is 0 Å². The summed E-state index contributed by atoms with van der Waals surface area (Å²) in [4.78, 5) is 15.1. The molecule has 1 aromatic heterocycles. The predicted molar refractivity (Wildman–Crippen MR) is 150 cm³/mol. The van der Waals surface area contributed by atoms with Crippen LogP contribution in [0.3, 0.4) is 0 Å². The molecule has 7 rings (SSSR count). The second kappa shape index (κ2) is 8.99. The van der Waals surface area contributed by atoms with Crippen molar-refractivity contribution in [1.82, 2.24) is 9.97 Å². The molecule has 0 aliphatic carbocycles. The zero-order valence-electron chi connectivity index (χ0n) is 20.1. The summed E-state index contributed by atoms with van der Waals surface area (Å²) >= 11 is 0. The van der Waals surface area contributed by atoms with Gasteiger partial charge in [-0.25, -0.2) is 15.0 Å². The molecule has 4 heteroatoms. The van der Waals surface area contributed by atoms with Crippen LogP contribution in [0, 0.1) is 0 Å². The number of rotatable bonds is 4. The molecule has 0 saturated heterocycles. The van der Waals surface area contributed by atoms with Crippen molar-refractivity contribution in [2.45, 2.75) is 6.04 Å². The largest absolute Gasteiger partial charge is 0.475 e. The third-order valence-corrected chi connectivity index (χ3v) is 6.87. The highest BCUT2D eigenvalue weighted by atomic mass is 16.5. The van der Waals surface area contributed by atoms with Gasteiger partial charge in [0, 0.05) is 22.1 Å². The molecule has 0 radical (unpaired) electrons. The molecule has 0 spiro atoms. The second-order valence-corrected chi connectivity index (χ2v) is 9.16. The lowest BCUT2D eigenvalue weighted by Crippen LogP contribution is -2.06. The number of benzene rings is 5. The molecule has 2 heterocycles. The molecule has 0 fully saturated rings. The number of fused-ring (bicyclic) bond motifs is 2. The van der Waals surface area contributed by atoms with Gasteiger partial charge < -0.3 is 4.74 Å². The van der Waals surface area contributed by atoms with Gasteiger partial charge >= 0.3 is 0 Å². The molecule has 37 heavy (non-hydrogen) atoms. The van der Waals surface area contributed by atoms with Crippen molar-refractivity contribution < 1.29 is 4.74 Å². The molecule has 0 bridgehead atoms. The van der Waals surface area contributed by atoms with Crippen molar-refractivity contribution in [3.05, 3.63) is 132 Å². The third kappa shape index (κ3) is 3.83. The lowest BCUT2D eigenvalue weighted by atomic mass is 9.94. The second-order valence-electron chi connectivity index (χ2n) is 9.16. The van der Waals surface area contributed by atoms with Crippen LogP contribution in [0.4, 0.5) is 0 Å². The van der Waals surface area contributed by atoms with Gasteiger partial charge in [0.2, 0.25) is 5.90 Å². The number of nitrogens with zero attached hydrogens (tertiary/aromatic N) is 3. The van der Waals surface area contributed by atoms with Crippen molar-refractivity contribution in [2.24, 2.45) is 4.99 Å². The molecule has 0 N–H and O–H groups in total. The molecule has 1 aliphatic rings. The quantitative estimate of drug-likeness (QED) is 0.262. The van der Waals surface area contributed by atoms with Crippen LogP contribution < -0.4 is 0 Å². The number of hydrogen-bond acceptors (Lipinski definition) is 4. The summed E-state index contributed by atoms with van der Waals surface area (Å²) in [7, 11) is 0. The average molecular weight is 478 g/mol. The van der Waals surface area contributed by atoms with Gasteiger partial charge in [-0.3, -0.25) is 0 Å². The van der Waals surface area contributed by atoms with E-state index in [4.69, 9.17) is 19.7 Å². The molecule has 0 amide bonds. The van der Waals surface area contributed by atoms with Crippen LogP contribution in [0.1, 0.15) is 17.2 Å². The summed E-state index contributed by atoms with van der Waals surface area (Å²) in [5.74, 6) is 1.35. The molecule has 1 aliphatic heterocycles. The highest BCUT2D eigenvalue weighted by Gasteiger charge is 2.26. The first-order chi connectivity index (χ1) is 18.3. The Morgan fingerprint density at radius 1 is 0.622 bits per heavy atom. The monoisotopic (exact) mass is 477 g/mol. The maximum atomic E-state index is 6.25. The summed E-state index contributed by atoms with van der Waals surface area (Å²) in [6, 6.07) is 41.3. The van der Waals surface area contributed by atoms with E-state index in [1.54, 1.807) is 0 Å². The molecule has 5 aromatic carbocycles. The Bertz CT molecular complexity index is 1780. The van der Waals surface area contributed by atoms with E-state index in [-0.39, 0.29) is 6.04 Å². The summed E-state index contributed by atoms with van der Waals surface area (Å²) in [5, 5.41) is 3.25. The molecule has 6 aromatic rings. The normalized spacial score (nSPS) is 15.0. The number of ether oxygens (including phenoxy) is 1. The van der Waals surface area contributed by atoms with Crippen molar-refractivity contribution in [3.63, 3.8) is 0 Å². The fourth-order valence-electron chi connectivity index (χ4n) is 5.06. The first kappa shape index (κ1) is 21.5. The highest BCUT2D eigenvalue weighted by Crippen LogP contribution is 2.38. The maximum absolute atomic E-state index is 6.25. The third-order valence-electron chi connectivity index (χ3n) is 6.87. The van der Waals surface area contributed by atoms with E-state index in [1.165, 1.54) is 0 Å². The standard InChI is InChI=1S/C33H23N3O/c1-3-12-23(13-4-1)29-21-37-33(35-29)27-20-19-22-11-7-8-16-25(22)30(27)31-26-17-9-10-18-28(26)34-32(36-31)24-14-5-2-6-15-24/h1-20,29H,21H2/t29-/m1/s1. The Balaban J connectivity index is 1.50. The van der Waals surface area contributed by atoms with E-state index in [9.17, 15) is 0 Å². The molecule has 0 unspecified atom stereocenters. The van der Waals surface area contributed by atoms with Crippen LogP contribution in [0.25, 0.3) is 44.3 Å². The Kier molecular flexibility index (Phi) is 5.21. The van der Waals surface area contributed by atoms with Gasteiger partial charge in [0.25, 0.3) is 0 Å². The van der Waals surface area contributed by atoms with Crippen LogP contribution in [-0.2, 0) is 4.74 Å². The average Bonchev–Trinajstić information content (AvgIpc) is 3.47. The van der Waals surface area contributed by atoms with E-state index in [1.807, 2.05) is 66.7 Å². The van der Waals surface area contributed by atoms with E-state index in [0.29, 0.717) is 18.3 Å². The highest BCUT2D eigenvalue weighted by molar-refractivity contribution is 6.13.